The van der Waals surface area contributed by atoms with Gasteiger partial charge in [0.2, 0.25) is 0 Å². The molecular weight excluding hydrogens is 170 g/mol. The first kappa shape index (κ1) is 10.5. The van der Waals surface area contributed by atoms with Crippen LogP contribution in [0.1, 0.15) is 64.7 Å². The molecule has 2 aliphatic carbocycles. The minimum absolute atomic E-state index is 0.516. The van der Waals surface area contributed by atoms with Crippen LogP contribution < -0.4 is 5.73 Å². The predicted octanol–water partition coefficient (Wildman–Crippen LogP) is 3.47. The molecule has 2 N–H and O–H groups in total. The van der Waals surface area contributed by atoms with E-state index in [1.165, 1.54) is 57.8 Å². The van der Waals surface area contributed by atoms with E-state index in [1.807, 2.05) is 0 Å². The predicted molar refractivity (Wildman–Crippen MR) is 61.1 cm³/mol. The largest absolute Gasteiger partial charge is 0.328 e. The van der Waals surface area contributed by atoms with E-state index in [9.17, 15) is 0 Å². The normalized spacial score (nSPS) is 44.1. The molecule has 2 saturated carbocycles. The van der Waals surface area contributed by atoms with Gasteiger partial charge in [-0.3, -0.25) is 0 Å². The summed E-state index contributed by atoms with van der Waals surface area (Å²) in [5.41, 5.74) is 6.79. The maximum atomic E-state index is 6.11. The molecule has 0 aromatic carbocycles. The fourth-order valence-corrected chi connectivity index (χ4v) is 3.65. The molecule has 0 heterocycles. The zero-order chi connectivity index (χ0) is 10.0. The van der Waals surface area contributed by atoms with Gasteiger partial charge in [-0.25, -0.2) is 0 Å². The van der Waals surface area contributed by atoms with Gasteiger partial charge >= 0.3 is 0 Å². The molecule has 1 spiro atoms. The van der Waals surface area contributed by atoms with Crippen LogP contribution in [0.15, 0.2) is 0 Å². The van der Waals surface area contributed by atoms with Crippen LogP contribution in [-0.2, 0) is 0 Å². The summed E-state index contributed by atoms with van der Waals surface area (Å²) in [4.78, 5) is 0. The first-order valence-electron chi connectivity index (χ1n) is 6.50. The molecule has 2 rings (SSSR count). The molecule has 0 aromatic rings. The van der Waals surface area contributed by atoms with E-state index >= 15 is 0 Å². The van der Waals surface area contributed by atoms with Gasteiger partial charge < -0.3 is 5.73 Å². The van der Waals surface area contributed by atoms with Gasteiger partial charge in [0.25, 0.3) is 0 Å². The maximum absolute atomic E-state index is 6.11. The topological polar surface area (TPSA) is 26.0 Å². The summed E-state index contributed by atoms with van der Waals surface area (Å²) in [6.07, 6.45) is 12.7. The molecule has 1 atom stereocenters. The molecule has 0 saturated heterocycles. The van der Waals surface area contributed by atoms with Crippen LogP contribution in [0.3, 0.4) is 0 Å². The molecule has 1 unspecified atom stereocenters. The maximum Gasteiger partial charge on any atom is 0.00441 e. The average molecular weight is 195 g/mol. The summed E-state index contributed by atoms with van der Waals surface area (Å²) in [5, 5.41) is 0. The minimum atomic E-state index is 0.516. The first-order valence-corrected chi connectivity index (χ1v) is 6.50. The summed E-state index contributed by atoms with van der Waals surface area (Å²) in [6.45, 7) is 2.34. The molecule has 0 radical (unpaired) electrons. The average Bonchev–Trinajstić information content (AvgIpc) is 2.19. The second-order valence-electron chi connectivity index (χ2n) is 5.71. The van der Waals surface area contributed by atoms with E-state index in [2.05, 4.69) is 6.92 Å². The van der Waals surface area contributed by atoms with Crippen LogP contribution in [0.4, 0.5) is 0 Å². The highest BCUT2D eigenvalue weighted by molar-refractivity contribution is 4.91. The molecule has 2 fully saturated rings. The van der Waals surface area contributed by atoms with Gasteiger partial charge in [0, 0.05) is 6.04 Å². The summed E-state index contributed by atoms with van der Waals surface area (Å²) >= 11 is 0. The Morgan fingerprint density at radius 2 is 1.86 bits per heavy atom. The molecule has 82 valence electrons. The van der Waals surface area contributed by atoms with Gasteiger partial charge in [0.15, 0.2) is 0 Å². The third kappa shape index (κ3) is 2.13. The van der Waals surface area contributed by atoms with Gasteiger partial charge in [-0.1, -0.05) is 19.8 Å². The van der Waals surface area contributed by atoms with Crippen molar-refractivity contribution >= 4 is 0 Å². The van der Waals surface area contributed by atoms with E-state index < -0.39 is 0 Å². The Morgan fingerprint density at radius 1 is 1.14 bits per heavy atom. The minimum Gasteiger partial charge on any atom is -0.328 e. The van der Waals surface area contributed by atoms with Crippen molar-refractivity contribution in [2.24, 2.45) is 17.1 Å². The second-order valence-corrected chi connectivity index (χ2v) is 5.71. The molecule has 0 bridgehead atoms. The smallest absolute Gasteiger partial charge is 0.00441 e. The van der Waals surface area contributed by atoms with Crippen LogP contribution in [-0.4, -0.2) is 6.04 Å². The van der Waals surface area contributed by atoms with Crippen LogP contribution in [0.2, 0.25) is 0 Å². The number of nitrogens with two attached hydrogens (primary N) is 1. The SMILES string of the molecule is CCC1CCC2(CCCC(N)C2)CC1. The molecule has 0 aliphatic heterocycles. The molecule has 14 heavy (non-hydrogen) atoms. The molecule has 1 heteroatoms. The summed E-state index contributed by atoms with van der Waals surface area (Å²) in [6, 6.07) is 0.516. The van der Waals surface area contributed by atoms with E-state index in [0.29, 0.717) is 11.5 Å². The molecule has 2 aliphatic rings. The van der Waals surface area contributed by atoms with Crippen molar-refractivity contribution in [2.45, 2.75) is 70.8 Å². The summed E-state index contributed by atoms with van der Waals surface area (Å²) in [5.74, 6) is 1.03. The fraction of sp³-hybridized carbons (Fsp3) is 1.00. The Balaban J connectivity index is 1.91. The van der Waals surface area contributed by atoms with E-state index in [4.69, 9.17) is 5.73 Å². The van der Waals surface area contributed by atoms with Crippen molar-refractivity contribution in [3.05, 3.63) is 0 Å². The third-order valence-corrected chi connectivity index (χ3v) is 4.72. The third-order valence-electron chi connectivity index (χ3n) is 4.72. The number of hydrogen-bond acceptors (Lipinski definition) is 1. The van der Waals surface area contributed by atoms with Crippen molar-refractivity contribution in [2.75, 3.05) is 0 Å². The second kappa shape index (κ2) is 4.22. The lowest BCUT2D eigenvalue weighted by atomic mass is 9.62. The van der Waals surface area contributed by atoms with Gasteiger partial charge in [-0.2, -0.15) is 0 Å². The number of hydrogen-bond donors (Lipinski definition) is 1. The van der Waals surface area contributed by atoms with Crippen LogP contribution in [0, 0.1) is 11.3 Å². The van der Waals surface area contributed by atoms with E-state index in [1.54, 1.807) is 0 Å². The molecule has 0 amide bonds. The van der Waals surface area contributed by atoms with Gasteiger partial charge in [-0.05, 0) is 56.3 Å². The van der Waals surface area contributed by atoms with Crippen LogP contribution >= 0.6 is 0 Å². The van der Waals surface area contributed by atoms with Gasteiger partial charge in [-0.15, -0.1) is 0 Å². The number of rotatable bonds is 1. The van der Waals surface area contributed by atoms with E-state index in [0.717, 1.165) is 5.92 Å². The standard InChI is InChI=1S/C13H25N/c1-2-11-5-8-13(9-6-11)7-3-4-12(14)10-13/h11-12H,2-10,14H2,1H3. The molecule has 1 nitrogen and oxygen atoms in total. The fourth-order valence-electron chi connectivity index (χ4n) is 3.65. The van der Waals surface area contributed by atoms with Crippen LogP contribution in [0.5, 0.6) is 0 Å². The lowest BCUT2D eigenvalue weighted by Crippen LogP contribution is -2.38. The highest BCUT2D eigenvalue weighted by Crippen LogP contribution is 2.48. The summed E-state index contributed by atoms with van der Waals surface area (Å²) < 4.78 is 0. The van der Waals surface area contributed by atoms with E-state index in [-0.39, 0.29) is 0 Å². The van der Waals surface area contributed by atoms with Crippen molar-refractivity contribution in [3.8, 4) is 0 Å². The van der Waals surface area contributed by atoms with Crippen molar-refractivity contribution in [1.82, 2.24) is 0 Å². The molecule has 0 aromatic heterocycles. The zero-order valence-electron chi connectivity index (χ0n) is 9.60. The lowest BCUT2D eigenvalue weighted by Gasteiger charge is -2.44. The first-order chi connectivity index (χ1) is 6.74. The Labute approximate surface area is 88.4 Å². The van der Waals surface area contributed by atoms with Crippen molar-refractivity contribution in [3.63, 3.8) is 0 Å². The zero-order valence-corrected chi connectivity index (χ0v) is 9.60. The monoisotopic (exact) mass is 195 g/mol. The van der Waals surface area contributed by atoms with Crippen molar-refractivity contribution < 1.29 is 0 Å². The Morgan fingerprint density at radius 3 is 2.43 bits per heavy atom. The summed E-state index contributed by atoms with van der Waals surface area (Å²) in [7, 11) is 0. The molecular formula is C13H25N. The Kier molecular flexibility index (Phi) is 3.16. The highest BCUT2D eigenvalue weighted by atomic mass is 14.7. The quantitative estimate of drug-likeness (QED) is 0.681. The van der Waals surface area contributed by atoms with Gasteiger partial charge in [0.1, 0.15) is 0 Å². The van der Waals surface area contributed by atoms with Gasteiger partial charge in [0.05, 0.1) is 0 Å². The lowest BCUT2D eigenvalue weighted by molar-refractivity contribution is 0.0861. The Bertz CT molecular complexity index is 180. The highest BCUT2D eigenvalue weighted by Gasteiger charge is 2.37. The van der Waals surface area contributed by atoms with Crippen molar-refractivity contribution in [1.29, 1.82) is 0 Å². The van der Waals surface area contributed by atoms with Crippen LogP contribution in [0.25, 0.3) is 0 Å². The Hall–Kier alpha value is -0.0400.